The summed E-state index contributed by atoms with van der Waals surface area (Å²) < 4.78 is 37.3. The molecule has 1 aromatic carbocycles. The number of para-hydroxylation sites is 1. The maximum Gasteiger partial charge on any atom is 0.490 e. The smallest absolute Gasteiger partial charge is 0.475 e. The number of aliphatic carboxylic acids is 1. The van der Waals surface area contributed by atoms with Crippen LogP contribution in [0.15, 0.2) is 40.9 Å². The van der Waals surface area contributed by atoms with Crippen molar-refractivity contribution in [2.24, 2.45) is 0 Å². The molecular weight excluding hydrogens is 533 g/mol. The lowest BCUT2D eigenvalue weighted by Crippen LogP contribution is -2.48. The Morgan fingerprint density at radius 3 is 2.30 bits per heavy atom. The van der Waals surface area contributed by atoms with Crippen LogP contribution in [0.1, 0.15) is 43.9 Å². The first kappa shape index (κ1) is 28.8. The molecule has 2 aromatic heterocycles. The molecule has 2 fully saturated rings. The number of urea groups is 1. The van der Waals surface area contributed by atoms with Gasteiger partial charge in [0, 0.05) is 37.5 Å². The summed E-state index contributed by atoms with van der Waals surface area (Å²) in [6, 6.07) is 11.6. The Bertz CT molecular complexity index is 1330. The molecule has 4 heterocycles. The van der Waals surface area contributed by atoms with Gasteiger partial charge in [0.15, 0.2) is 0 Å². The van der Waals surface area contributed by atoms with Gasteiger partial charge < -0.3 is 24.7 Å². The maximum atomic E-state index is 12.5. The third-order valence-electron chi connectivity index (χ3n) is 6.74. The van der Waals surface area contributed by atoms with Gasteiger partial charge in [0.05, 0.1) is 12.1 Å². The molecule has 0 saturated carbocycles. The number of rotatable bonds is 4. The van der Waals surface area contributed by atoms with Crippen molar-refractivity contribution in [3.8, 4) is 11.5 Å². The number of alkyl halides is 3. The molecule has 0 atom stereocenters. The van der Waals surface area contributed by atoms with E-state index in [2.05, 4.69) is 20.4 Å². The van der Waals surface area contributed by atoms with Crippen LogP contribution in [0.25, 0.3) is 22.4 Å². The van der Waals surface area contributed by atoms with Crippen LogP contribution in [0.3, 0.4) is 0 Å². The minimum Gasteiger partial charge on any atom is -0.475 e. The Kier molecular flexibility index (Phi) is 9.17. The number of nitrogens with zero attached hydrogens (tertiary/aromatic N) is 5. The first-order valence-corrected chi connectivity index (χ1v) is 12.9. The molecule has 0 spiro atoms. The van der Waals surface area contributed by atoms with Crippen molar-refractivity contribution in [3.63, 3.8) is 0 Å². The van der Waals surface area contributed by atoms with E-state index in [1.54, 1.807) is 4.90 Å². The molecule has 14 heteroatoms. The minimum absolute atomic E-state index is 0.00127. The summed E-state index contributed by atoms with van der Waals surface area (Å²) in [6.45, 7) is 2.81. The fourth-order valence-electron chi connectivity index (χ4n) is 4.54. The summed E-state index contributed by atoms with van der Waals surface area (Å²) in [5, 5.41) is 15.1. The van der Waals surface area contributed by atoms with Crippen LogP contribution in [0.4, 0.5) is 18.0 Å². The second-order valence-electron chi connectivity index (χ2n) is 9.51. The molecule has 5 rings (SSSR count). The average molecular weight is 563 g/mol. The molecule has 3 amide bonds. The van der Waals surface area contributed by atoms with E-state index in [0.717, 1.165) is 49.7 Å². The summed E-state index contributed by atoms with van der Waals surface area (Å²) in [4.78, 5) is 46.5. The van der Waals surface area contributed by atoms with Crippen LogP contribution in [0.2, 0.25) is 0 Å². The van der Waals surface area contributed by atoms with Gasteiger partial charge in [-0.15, -0.1) is 0 Å². The largest absolute Gasteiger partial charge is 0.490 e. The fourth-order valence-corrected chi connectivity index (χ4v) is 4.54. The zero-order valence-corrected chi connectivity index (χ0v) is 21.6. The van der Waals surface area contributed by atoms with Gasteiger partial charge in [-0.05, 0) is 44.2 Å². The molecule has 2 aliphatic heterocycles. The second kappa shape index (κ2) is 12.7. The molecule has 40 heavy (non-hydrogen) atoms. The van der Waals surface area contributed by atoms with Gasteiger partial charge >= 0.3 is 18.2 Å². The van der Waals surface area contributed by atoms with Crippen LogP contribution >= 0.6 is 0 Å². The molecule has 0 radical (unpaired) electrons. The van der Waals surface area contributed by atoms with Crippen LogP contribution in [0, 0.1) is 0 Å². The molecule has 2 aliphatic rings. The lowest BCUT2D eigenvalue weighted by molar-refractivity contribution is -0.192. The Hall–Kier alpha value is -4.23. The van der Waals surface area contributed by atoms with Crippen molar-refractivity contribution >= 4 is 28.8 Å². The van der Waals surface area contributed by atoms with Gasteiger partial charge in [0.25, 0.3) is 0 Å². The second-order valence-corrected chi connectivity index (χ2v) is 9.51. The van der Waals surface area contributed by atoms with Crippen molar-refractivity contribution < 1.29 is 37.2 Å². The van der Waals surface area contributed by atoms with Gasteiger partial charge in [-0.3, -0.25) is 4.79 Å². The van der Waals surface area contributed by atoms with E-state index in [9.17, 15) is 22.8 Å². The summed E-state index contributed by atoms with van der Waals surface area (Å²) >= 11 is 0. The topological polar surface area (TPSA) is 142 Å². The number of pyridine rings is 1. The number of piperidine rings is 2. The Balaban J connectivity index is 0.000000470. The molecule has 0 unspecified atom stereocenters. The van der Waals surface area contributed by atoms with Crippen LogP contribution < -0.4 is 5.32 Å². The Morgan fingerprint density at radius 1 is 0.950 bits per heavy atom. The number of hydrogen-bond acceptors (Lipinski definition) is 7. The Labute approximate surface area is 227 Å². The molecule has 11 nitrogen and oxygen atoms in total. The van der Waals surface area contributed by atoms with Crippen LogP contribution in [-0.4, -0.2) is 86.8 Å². The van der Waals surface area contributed by atoms with Crippen LogP contribution in [-0.2, 0) is 9.59 Å². The van der Waals surface area contributed by atoms with Gasteiger partial charge in [0.2, 0.25) is 17.6 Å². The number of carboxylic acids is 1. The summed E-state index contributed by atoms with van der Waals surface area (Å²) in [5.41, 5.74) is 1.57. The number of benzene rings is 1. The number of fused-ring (bicyclic) bond motifs is 1. The molecule has 2 saturated heterocycles. The molecular formula is C26H29F3N6O5. The van der Waals surface area contributed by atoms with Crippen molar-refractivity contribution in [1.29, 1.82) is 0 Å². The molecule has 2 N–H and O–H groups in total. The van der Waals surface area contributed by atoms with Gasteiger partial charge in [-0.2, -0.15) is 18.2 Å². The van der Waals surface area contributed by atoms with E-state index < -0.39 is 12.1 Å². The van der Waals surface area contributed by atoms with Gasteiger partial charge in [-0.25, -0.2) is 14.6 Å². The van der Waals surface area contributed by atoms with Crippen molar-refractivity contribution in [3.05, 3.63) is 42.3 Å². The monoisotopic (exact) mass is 562 g/mol. The minimum atomic E-state index is -5.08. The number of aromatic nitrogens is 3. The molecule has 0 aliphatic carbocycles. The highest BCUT2D eigenvalue weighted by Gasteiger charge is 2.38. The van der Waals surface area contributed by atoms with Crippen molar-refractivity contribution in [1.82, 2.24) is 30.2 Å². The quantitative estimate of drug-likeness (QED) is 0.489. The molecule has 0 bridgehead atoms. The third kappa shape index (κ3) is 7.45. The predicted octanol–water partition coefficient (Wildman–Crippen LogP) is 3.82. The van der Waals surface area contributed by atoms with E-state index in [1.807, 2.05) is 41.3 Å². The van der Waals surface area contributed by atoms with Gasteiger partial charge in [0.1, 0.15) is 5.69 Å². The number of likely N-dealkylation sites (tertiary alicyclic amines) is 2. The first-order valence-electron chi connectivity index (χ1n) is 12.9. The molecule has 214 valence electrons. The number of halogens is 3. The van der Waals surface area contributed by atoms with E-state index in [0.29, 0.717) is 30.5 Å². The van der Waals surface area contributed by atoms with E-state index in [-0.39, 0.29) is 24.4 Å². The van der Waals surface area contributed by atoms with Gasteiger partial charge in [-0.1, -0.05) is 29.4 Å². The lowest BCUT2D eigenvalue weighted by atomic mass is 9.97. The summed E-state index contributed by atoms with van der Waals surface area (Å²) in [7, 11) is 0. The number of nitrogens with one attached hydrogen (secondary N) is 1. The van der Waals surface area contributed by atoms with Crippen LogP contribution in [0.5, 0.6) is 0 Å². The SMILES string of the molecule is O=C(CNC(=O)N1CCC(c2nc(-c3ccc4ccccc4n3)no2)CC1)N1CCCCC1.O=C(O)C(F)(F)F. The fraction of sp³-hybridized carbons (Fsp3) is 0.462. The number of carboxylic acid groups (broad SMARTS) is 1. The zero-order valence-electron chi connectivity index (χ0n) is 21.6. The van der Waals surface area contributed by atoms with E-state index >= 15 is 0 Å². The van der Waals surface area contributed by atoms with E-state index in [4.69, 9.17) is 14.4 Å². The first-order chi connectivity index (χ1) is 19.1. The Morgan fingerprint density at radius 2 is 1.62 bits per heavy atom. The lowest BCUT2D eigenvalue weighted by Gasteiger charge is -2.31. The maximum absolute atomic E-state index is 12.5. The molecule has 3 aromatic rings. The highest BCUT2D eigenvalue weighted by molar-refractivity contribution is 5.84. The van der Waals surface area contributed by atoms with Crippen molar-refractivity contribution in [2.45, 2.75) is 44.2 Å². The normalized spacial score (nSPS) is 16.3. The van der Waals surface area contributed by atoms with E-state index in [1.165, 1.54) is 6.42 Å². The number of carbonyl (C=O) groups is 3. The van der Waals surface area contributed by atoms with Crippen molar-refractivity contribution in [2.75, 3.05) is 32.7 Å². The standard InChI is InChI=1S/C24H28N6O3.C2HF3O2/c31-21(29-12-4-1-5-13-29)16-25-24(32)30-14-10-18(11-15-30)23-27-22(28-33-23)20-9-8-17-6-2-3-7-19(17)26-20;3-2(4,5)1(6)7/h2-3,6-9,18H,1,4-5,10-16H2,(H,25,32);(H,6,7). The predicted molar refractivity (Wildman–Crippen MR) is 136 cm³/mol. The summed E-state index contributed by atoms with van der Waals surface area (Å²) in [5.74, 6) is -1.59. The number of amides is 3. The zero-order chi connectivity index (χ0) is 28.7. The highest BCUT2D eigenvalue weighted by Crippen LogP contribution is 2.28. The number of carbonyl (C=O) groups excluding carboxylic acids is 2. The number of hydrogen-bond donors (Lipinski definition) is 2. The highest BCUT2D eigenvalue weighted by atomic mass is 19.4. The third-order valence-corrected chi connectivity index (χ3v) is 6.74. The summed E-state index contributed by atoms with van der Waals surface area (Å²) in [6.07, 6.45) is -0.352. The average Bonchev–Trinajstić information content (AvgIpc) is 3.46.